The van der Waals surface area contributed by atoms with Crippen LogP contribution < -0.4 is 5.32 Å². The minimum atomic E-state index is -0.551. The molecule has 4 atom stereocenters. The molecule has 2 aliphatic heterocycles. The molecule has 3 aromatic carbocycles. The smallest absolute Gasteiger partial charge is 0.329 e. The maximum Gasteiger partial charge on any atom is 0.329 e. The number of carbonyl (C=O) groups excluding carboxylic acids is 2. The molecule has 0 radical (unpaired) electrons. The number of nitrogens with one attached hydrogen (secondary N) is 1. The van der Waals surface area contributed by atoms with Gasteiger partial charge in [0.15, 0.2) is 0 Å². The summed E-state index contributed by atoms with van der Waals surface area (Å²) in [5.41, 5.74) is 3.13. The summed E-state index contributed by atoms with van der Waals surface area (Å²) in [6.07, 6.45) is 3.54. The van der Waals surface area contributed by atoms with Crippen molar-refractivity contribution in [2.75, 3.05) is 6.61 Å². The highest BCUT2D eigenvalue weighted by Crippen LogP contribution is 2.41. The van der Waals surface area contributed by atoms with Crippen molar-refractivity contribution < 1.29 is 14.3 Å². The second kappa shape index (κ2) is 11.7. The zero-order valence-electron chi connectivity index (χ0n) is 21.5. The fourth-order valence-corrected chi connectivity index (χ4v) is 6.22. The normalized spacial score (nSPS) is 23.0. The van der Waals surface area contributed by atoms with Gasteiger partial charge in [-0.05, 0) is 55.2 Å². The third kappa shape index (κ3) is 5.62. The van der Waals surface area contributed by atoms with Crippen LogP contribution >= 0.6 is 0 Å². The van der Waals surface area contributed by atoms with Crippen LogP contribution in [0.3, 0.4) is 0 Å². The van der Waals surface area contributed by atoms with E-state index >= 15 is 0 Å². The predicted octanol–water partition coefficient (Wildman–Crippen LogP) is 5.31. The predicted molar refractivity (Wildman–Crippen MR) is 145 cm³/mol. The molecule has 5 nitrogen and oxygen atoms in total. The topological polar surface area (TPSA) is 58.6 Å². The van der Waals surface area contributed by atoms with Gasteiger partial charge in [-0.1, -0.05) is 91.0 Å². The first-order valence-corrected chi connectivity index (χ1v) is 13.5. The van der Waals surface area contributed by atoms with E-state index in [1.807, 2.05) is 78.6 Å². The van der Waals surface area contributed by atoms with E-state index in [9.17, 15) is 9.59 Å². The summed E-state index contributed by atoms with van der Waals surface area (Å²) in [5.74, 6) is -0.667. The van der Waals surface area contributed by atoms with Crippen molar-refractivity contribution in [1.29, 1.82) is 0 Å². The van der Waals surface area contributed by atoms with Crippen molar-refractivity contribution in [3.8, 4) is 0 Å². The zero-order chi connectivity index (χ0) is 25.6. The number of carbonyl (C=O) groups is 2. The van der Waals surface area contributed by atoms with Gasteiger partial charge in [-0.3, -0.25) is 4.79 Å². The molecule has 0 spiro atoms. The third-order valence-corrected chi connectivity index (χ3v) is 7.89. The molecule has 2 heterocycles. The first kappa shape index (κ1) is 25.2. The average Bonchev–Trinajstić information content (AvgIpc) is 3.24. The number of esters is 1. The highest BCUT2D eigenvalue weighted by Gasteiger charge is 2.50. The molecule has 5 heteroatoms. The molecule has 2 saturated heterocycles. The lowest BCUT2D eigenvalue weighted by molar-refractivity contribution is -0.162. The van der Waals surface area contributed by atoms with Crippen LogP contribution in [0.15, 0.2) is 91.0 Å². The van der Waals surface area contributed by atoms with Gasteiger partial charge in [0.05, 0.1) is 12.5 Å². The van der Waals surface area contributed by atoms with Gasteiger partial charge in [-0.2, -0.15) is 0 Å². The second-order valence-electron chi connectivity index (χ2n) is 10.2. The molecular weight excluding hydrogens is 460 g/mol. The molecule has 2 unspecified atom stereocenters. The molecule has 3 aromatic rings. The summed E-state index contributed by atoms with van der Waals surface area (Å²) < 4.78 is 5.57. The van der Waals surface area contributed by atoms with E-state index in [0.717, 1.165) is 43.4 Å². The van der Waals surface area contributed by atoms with Crippen molar-refractivity contribution in [3.63, 3.8) is 0 Å². The minimum Gasteiger partial charge on any atom is -0.464 e. The molecule has 192 valence electrons. The first-order chi connectivity index (χ1) is 18.2. The fraction of sp³-hybridized carbons (Fsp3) is 0.375. The van der Waals surface area contributed by atoms with Crippen LogP contribution in [0.2, 0.25) is 0 Å². The number of rotatable bonds is 8. The van der Waals surface area contributed by atoms with Crippen molar-refractivity contribution in [2.45, 2.75) is 63.2 Å². The molecule has 1 aliphatic carbocycles. The molecule has 3 aliphatic rings. The average molecular weight is 497 g/mol. The van der Waals surface area contributed by atoms with Crippen molar-refractivity contribution in [2.24, 2.45) is 5.92 Å². The SMILES string of the molecule is CCOC(=O)[C@@H]1C2CC[C@@H](CC(NCc3ccccc3)C2)N1C(=O)C(c1ccccc1)c1ccccc1. The summed E-state index contributed by atoms with van der Waals surface area (Å²) in [6.45, 7) is 2.92. The van der Waals surface area contributed by atoms with E-state index in [1.54, 1.807) is 0 Å². The van der Waals surface area contributed by atoms with Crippen LogP contribution in [0.25, 0.3) is 0 Å². The molecule has 37 heavy (non-hydrogen) atoms. The van der Waals surface area contributed by atoms with Gasteiger partial charge in [0, 0.05) is 18.6 Å². The maximum absolute atomic E-state index is 14.5. The number of benzene rings is 3. The molecule has 2 bridgehead atoms. The van der Waals surface area contributed by atoms with Crippen LogP contribution in [0.4, 0.5) is 0 Å². The van der Waals surface area contributed by atoms with E-state index in [0.29, 0.717) is 6.61 Å². The number of ether oxygens (including phenoxy) is 1. The van der Waals surface area contributed by atoms with Gasteiger partial charge < -0.3 is 15.0 Å². The monoisotopic (exact) mass is 496 g/mol. The molecule has 1 amide bonds. The van der Waals surface area contributed by atoms with E-state index in [2.05, 4.69) is 29.6 Å². The zero-order valence-corrected chi connectivity index (χ0v) is 21.5. The van der Waals surface area contributed by atoms with E-state index < -0.39 is 12.0 Å². The summed E-state index contributed by atoms with van der Waals surface area (Å²) >= 11 is 0. The van der Waals surface area contributed by atoms with Gasteiger partial charge in [-0.25, -0.2) is 4.79 Å². The summed E-state index contributed by atoms with van der Waals surface area (Å²) in [7, 11) is 0. The molecule has 1 N–H and O–H groups in total. The number of fused-ring (bicyclic) bond motifs is 4. The number of nitrogens with zero attached hydrogens (tertiary/aromatic N) is 1. The number of hydrogen-bond donors (Lipinski definition) is 1. The highest BCUT2D eigenvalue weighted by molar-refractivity contribution is 5.92. The van der Waals surface area contributed by atoms with Crippen LogP contribution in [-0.4, -0.2) is 41.5 Å². The number of amides is 1. The molecule has 6 rings (SSSR count). The van der Waals surface area contributed by atoms with Gasteiger partial charge >= 0.3 is 5.97 Å². The largest absolute Gasteiger partial charge is 0.464 e. The lowest BCUT2D eigenvalue weighted by atomic mass is 9.83. The Hall–Kier alpha value is -3.44. The molecule has 0 aromatic heterocycles. The Kier molecular flexibility index (Phi) is 8.00. The Morgan fingerprint density at radius 2 is 1.46 bits per heavy atom. The van der Waals surface area contributed by atoms with E-state index in [1.165, 1.54) is 5.56 Å². The van der Waals surface area contributed by atoms with E-state index in [-0.39, 0.29) is 29.9 Å². The lowest BCUT2D eigenvalue weighted by Gasteiger charge is -2.44. The Balaban J connectivity index is 1.47. The maximum atomic E-state index is 14.5. The summed E-state index contributed by atoms with van der Waals surface area (Å²) in [4.78, 5) is 29.9. The van der Waals surface area contributed by atoms with Gasteiger partial charge in [0.2, 0.25) is 5.91 Å². The molecule has 1 saturated carbocycles. The standard InChI is InChI=1S/C32H36N2O3/c1-2-37-32(36)30-26-18-19-28(21-27(20-26)33-22-23-12-6-3-7-13-23)34(30)31(35)29(24-14-8-4-9-15-24)25-16-10-5-11-17-25/h3-17,26-30,33H,2,18-22H2,1H3/t26?,27?,28-,30-/m0/s1. The third-order valence-electron chi connectivity index (χ3n) is 7.89. The quantitative estimate of drug-likeness (QED) is 0.430. The van der Waals surface area contributed by atoms with Gasteiger partial charge in [0.1, 0.15) is 6.04 Å². The summed E-state index contributed by atoms with van der Waals surface area (Å²) in [5, 5.41) is 3.73. The van der Waals surface area contributed by atoms with Crippen LogP contribution in [-0.2, 0) is 20.9 Å². The Morgan fingerprint density at radius 1 is 0.865 bits per heavy atom. The fourth-order valence-electron chi connectivity index (χ4n) is 6.22. The second-order valence-corrected chi connectivity index (χ2v) is 10.2. The van der Waals surface area contributed by atoms with Crippen LogP contribution in [0.1, 0.15) is 55.2 Å². The Bertz CT molecular complexity index is 1130. The van der Waals surface area contributed by atoms with Crippen molar-refractivity contribution in [3.05, 3.63) is 108 Å². The van der Waals surface area contributed by atoms with E-state index in [4.69, 9.17) is 4.74 Å². The highest BCUT2D eigenvalue weighted by atomic mass is 16.5. The van der Waals surface area contributed by atoms with Gasteiger partial charge in [-0.15, -0.1) is 0 Å². The van der Waals surface area contributed by atoms with Gasteiger partial charge in [0.25, 0.3) is 0 Å². The Morgan fingerprint density at radius 3 is 2.05 bits per heavy atom. The molecular formula is C32H36N2O3. The number of hydrogen-bond acceptors (Lipinski definition) is 4. The number of piperidine rings is 1. The van der Waals surface area contributed by atoms with Crippen LogP contribution in [0, 0.1) is 5.92 Å². The molecule has 3 fully saturated rings. The van der Waals surface area contributed by atoms with Crippen LogP contribution in [0.5, 0.6) is 0 Å². The van der Waals surface area contributed by atoms with Crippen molar-refractivity contribution >= 4 is 11.9 Å². The lowest BCUT2D eigenvalue weighted by Crippen LogP contribution is -2.57. The summed E-state index contributed by atoms with van der Waals surface area (Å²) in [6, 6.07) is 29.9. The minimum absolute atomic E-state index is 0.00568. The first-order valence-electron chi connectivity index (χ1n) is 13.5. The Labute approximate surface area is 219 Å². The van der Waals surface area contributed by atoms with Crippen molar-refractivity contribution in [1.82, 2.24) is 10.2 Å².